The first-order valence-electron chi connectivity index (χ1n) is 7.88. The lowest BCUT2D eigenvalue weighted by molar-refractivity contribution is 0.397. The standard InChI is InChI=1S/C17H17N7O2/c1-23-17-12(9-18-23)13(25-2)7-14(21-17)20-11-8-19-24(10-11)15-5-4-6-16(22-15)26-3/h4-10H,1-3H3,(H,20,21). The molecule has 9 nitrogen and oxygen atoms in total. The number of anilines is 2. The zero-order valence-corrected chi connectivity index (χ0v) is 14.5. The van der Waals surface area contributed by atoms with E-state index in [9.17, 15) is 0 Å². The van der Waals surface area contributed by atoms with Gasteiger partial charge < -0.3 is 14.8 Å². The summed E-state index contributed by atoms with van der Waals surface area (Å²) in [7, 11) is 5.04. The summed E-state index contributed by atoms with van der Waals surface area (Å²) >= 11 is 0. The molecule has 0 fully saturated rings. The number of fused-ring (bicyclic) bond motifs is 1. The van der Waals surface area contributed by atoms with E-state index in [0.717, 1.165) is 16.7 Å². The van der Waals surface area contributed by atoms with E-state index >= 15 is 0 Å². The maximum Gasteiger partial charge on any atom is 0.214 e. The van der Waals surface area contributed by atoms with E-state index in [2.05, 4.69) is 25.5 Å². The fourth-order valence-electron chi connectivity index (χ4n) is 2.62. The Labute approximate surface area is 149 Å². The summed E-state index contributed by atoms with van der Waals surface area (Å²) in [5, 5.41) is 12.6. The van der Waals surface area contributed by atoms with Crippen LogP contribution in [-0.2, 0) is 7.05 Å². The minimum atomic E-state index is 0.528. The Morgan fingerprint density at radius 1 is 1.04 bits per heavy atom. The molecular weight excluding hydrogens is 334 g/mol. The molecule has 0 atom stereocenters. The number of methoxy groups -OCH3 is 2. The van der Waals surface area contributed by atoms with Crippen molar-refractivity contribution in [1.29, 1.82) is 0 Å². The van der Waals surface area contributed by atoms with E-state index in [1.807, 2.05) is 31.4 Å². The number of aryl methyl sites for hydroxylation is 1. The predicted octanol–water partition coefficient (Wildman–Crippen LogP) is 2.31. The first kappa shape index (κ1) is 15.9. The summed E-state index contributed by atoms with van der Waals surface area (Å²) in [6.45, 7) is 0. The number of hydrogen-bond donors (Lipinski definition) is 1. The third kappa shape index (κ3) is 2.79. The van der Waals surface area contributed by atoms with Gasteiger partial charge in [-0.15, -0.1) is 0 Å². The molecule has 0 aromatic carbocycles. The summed E-state index contributed by atoms with van der Waals surface area (Å²) in [5.41, 5.74) is 1.50. The van der Waals surface area contributed by atoms with Crippen LogP contribution in [0, 0.1) is 0 Å². The molecule has 132 valence electrons. The van der Waals surface area contributed by atoms with Gasteiger partial charge in [-0.25, -0.2) is 9.67 Å². The molecule has 0 unspecified atom stereocenters. The molecule has 9 heteroatoms. The molecule has 4 aromatic rings. The molecule has 4 aromatic heterocycles. The second-order valence-corrected chi connectivity index (χ2v) is 5.55. The highest BCUT2D eigenvalue weighted by Crippen LogP contribution is 2.28. The minimum absolute atomic E-state index is 0.528. The van der Waals surface area contributed by atoms with E-state index in [4.69, 9.17) is 9.47 Å². The molecule has 1 N–H and O–H groups in total. The van der Waals surface area contributed by atoms with Gasteiger partial charge in [0, 0.05) is 19.2 Å². The lowest BCUT2D eigenvalue weighted by Crippen LogP contribution is -1.99. The van der Waals surface area contributed by atoms with Crippen LogP contribution in [0.2, 0.25) is 0 Å². The highest BCUT2D eigenvalue weighted by atomic mass is 16.5. The topological polar surface area (TPSA) is 91.9 Å². The van der Waals surface area contributed by atoms with Gasteiger partial charge in [-0.2, -0.15) is 15.2 Å². The number of aromatic nitrogens is 6. The summed E-state index contributed by atoms with van der Waals surface area (Å²) < 4.78 is 13.9. The van der Waals surface area contributed by atoms with Gasteiger partial charge in [0.1, 0.15) is 11.6 Å². The number of pyridine rings is 2. The summed E-state index contributed by atoms with van der Waals surface area (Å²) in [4.78, 5) is 8.94. The average molecular weight is 351 g/mol. The third-order valence-corrected chi connectivity index (χ3v) is 3.89. The van der Waals surface area contributed by atoms with E-state index in [1.165, 1.54) is 0 Å². The molecule has 0 saturated carbocycles. The Hall–Kier alpha value is -3.62. The Morgan fingerprint density at radius 2 is 1.92 bits per heavy atom. The smallest absolute Gasteiger partial charge is 0.214 e. The molecule has 4 rings (SSSR count). The summed E-state index contributed by atoms with van der Waals surface area (Å²) in [6, 6.07) is 7.32. The summed E-state index contributed by atoms with van der Waals surface area (Å²) in [6.07, 6.45) is 5.25. The van der Waals surface area contributed by atoms with Gasteiger partial charge in [-0.3, -0.25) is 4.68 Å². The van der Waals surface area contributed by atoms with Crippen LogP contribution >= 0.6 is 0 Å². The van der Waals surface area contributed by atoms with Gasteiger partial charge in [-0.05, 0) is 6.07 Å². The van der Waals surface area contributed by atoms with Crippen LogP contribution in [0.4, 0.5) is 11.5 Å². The van der Waals surface area contributed by atoms with Crippen molar-refractivity contribution >= 4 is 22.5 Å². The lowest BCUT2D eigenvalue weighted by Gasteiger charge is -2.07. The van der Waals surface area contributed by atoms with Gasteiger partial charge >= 0.3 is 0 Å². The molecular formula is C17H17N7O2. The van der Waals surface area contributed by atoms with E-state index in [0.29, 0.717) is 23.3 Å². The van der Waals surface area contributed by atoms with Crippen LogP contribution < -0.4 is 14.8 Å². The lowest BCUT2D eigenvalue weighted by atomic mass is 10.3. The molecule has 0 saturated heterocycles. The second-order valence-electron chi connectivity index (χ2n) is 5.55. The Bertz CT molecular complexity index is 1070. The van der Waals surface area contributed by atoms with Crippen molar-refractivity contribution < 1.29 is 9.47 Å². The van der Waals surface area contributed by atoms with Crippen molar-refractivity contribution in [3.63, 3.8) is 0 Å². The quantitative estimate of drug-likeness (QED) is 0.590. The second kappa shape index (κ2) is 6.36. The Kier molecular flexibility index (Phi) is 3.88. The fourth-order valence-corrected chi connectivity index (χ4v) is 2.62. The molecule has 0 aliphatic carbocycles. The van der Waals surface area contributed by atoms with Crippen LogP contribution in [-0.4, -0.2) is 43.7 Å². The molecule has 26 heavy (non-hydrogen) atoms. The fraction of sp³-hybridized carbons (Fsp3) is 0.176. The third-order valence-electron chi connectivity index (χ3n) is 3.89. The number of nitrogens with zero attached hydrogens (tertiary/aromatic N) is 6. The Balaban J connectivity index is 1.65. The monoisotopic (exact) mass is 351 g/mol. The van der Waals surface area contributed by atoms with Crippen LogP contribution in [0.25, 0.3) is 16.9 Å². The predicted molar refractivity (Wildman–Crippen MR) is 96.3 cm³/mol. The molecule has 0 radical (unpaired) electrons. The molecule has 0 bridgehead atoms. The van der Waals surface area contributed by atoms with Crippen LogP contribution in [0.1, 0.15) is 0 Å². The van der Waals surface area contributed by atoms with Crippen LogP contribution in [0.5, 0.6) is 11.6 Å². The number of hydrogen-bond acceptors (Lipinski definition) is 7. The van der Waals surface area contributed by atoms with Crippen molar-refractivity contribution in [2.75, 3.05) is 19.5 Å². The first-order chi connectivity index (χ1) is 12.7. The van der Waals surface area contributed by atoms with E-state index in [1.54, 1.807) is 42.0 Å². The molecule has 0 aliphatic heterocycles. The largest absolute Gasteiger partial charge is 0.496 e. The van der Waals surface area contributed by atoms with Gasteiger partial charge in [0.25, 0.3) is 0 Å². The average Bonchev–Trinajstić information content (AvgIpc) is 3.28. The van der Waals surface area contributed by atoms with Crippen molar-refractivity contribution in [1.82, 2.24) is 29.5 Å². The zero-order valence-electron chi connectivity index (χ0n) is 14.5. The van der Waals surface area contributed by atoms with Crippen LogP contribution in [0.15, 0.2) is 42.9 Å². The van der Waals surface area contributed by atoms with E-state index in [-0.39, 0.29) is 0 Å². The molecule has 0 aliphatic rings. The Morgan fingerprint density at radius 3 is 2.73 bits per heavy atom. The number of rotatable bonds is 5. The van der Waals surface area contributed by atoms with Gasteiger partial charge in [0.2, 0.25) is 5.88 Å². The van der Waals surface area contributed by atoms with E-state index < -0.39 is 0 Å². The van der Waals surface area contributed by atoms with Crippen molar-refractivity contribution in [3.05, 3.63) is 42.9 Å². The summed E-state index contributed by atoms with van der Waals surface area (Å²) in [5.74, 6) is 2.52. The molecule has 4 heterocycles. The van der Waals surface area contributed by atoms with Gasteiger partial charge in [0.05, 0.1) is 43.9 Å². The highest BCUT2D eigenvalue weighted by Gasteiger charge is 2.11. The van der Waals surface area contributed by atoms with Gasteiger partial charge in [-0.1, -0.05) is 6.07 Å². The SMILES string of the molecule is COc1cccc(-n2cc(Nc3cc(OC)c4cnn(C)c4n3)cn2)n1. The molecule has 0 amide bonds. The molecule has 0 spiro atoms. The number of nitrogens with one attached hydrogen (secondary N) is 1. The number of ether oxygens (including phenoxy) is 2. The van der Waals surface area contributed by atoms with Crippen molar-refractivity contribution in [3.8, 4) is 17.4 Å². The van der Waals surface area contributed by atoms with Gasteiger partial charge in [0.15, 0.2) is 11.5 Å². The van der Waals surface area contributed by atoms with Crippen molar-refractivity contribution in [2.45, 2.75) is 0 Å². The minimum Gasteiger partial charge on any atom is -0.496 e. The maximum absolute atomic E-state index is 5.44. The maximum atomic E-state index is 5.44. The normalized spacial score (nSPS) is 10.9. The zero-order chi connectivity index (χ0) is 18.1. The first-order valence-corrected chi connectivity index (χ1v) is 7.88. The highest BCUT2D eigenvalue weighted by molar-refractivity contribution is 5.84. The van der Waals surface area contributed by atoms with Crippen molar-refractivity contribution in [2.24, 2.45) is 7.05 Å². The van der Waals surface area contributed by atoms with Crippen LogP contribution in [0.3, 0.4) is 0 Å².